The first kappa shape index (κ1) is 33.5. The number of ether oxygens (including phenoxy) is 3. The number of hydrogen-bond donors (Lipinski definition) is 3. The number of anilines is 2. The van der Waals surface area contributed by atoms with Crippen LogP contribution < -0.4 is 16.0 Å². The zero-order chi connectivity index (χ0) is 33.2. The second kappa shape index (κ2) is 15.6. The summed E-state index contributed by atoms with van der Waals surface area (Å²) in [5.74, 6) is -2.11. The van der Waals surface area contributed by atoms with Crippen LogP contribution >= 0.6 is 22.7 Å². The van der Waals surface area contributed by atoms with Crippen molar-refractivity contribution >= 4 is 74.2 Å². The maximum atomic E-state index is 13.5. The lowest BCUT2D eigenvalue weighted by molar-refractivity contribution is -0.156. The van der Waals surface area contributed by atoms with Crippen molar-refractivity contribution in [1.29, 1.82) is 0 Å². The number of nitrogens with one attached hydrogen (secondary N) is 3. The Morgan fingerprint density at radius 2 is 1.59 bits per heavy atom. The second-order valence-electron chi connectivity index (χ2n) is 9.20. The number of fused-ring (bicyclic) bond motifs is 1. The molecule has 0 spiro atoms. The second-order valence-corrected chi connectivity index (χ2v) is 10.9. The van der Waals surface area contributed by atoms with Crippen LogP contribution in [-0.4, -0.2) is 89.6 Å². The van der Waals surface area contributed by atoms with E-state index in [0.717, 1.165) is 22.7 Å². The van der Waals surface area contributed by atoms with Crippen LogP contribution in [-0.2, 0) is 33.4 Å². The van der Waals surface area contributed by atoms with E-state index >= 15 is 0 Å². The van der Waals surface area contributed by atoms with E-state index in [1.54, 1.807) is 5.38 Å². The van der Waals surface area contributed by atoms with Gasteiger partial charge in [0.1, 0.15) is 44.4 Å². The molecule has 16 nitrogen and oxygen atoms in total. The van der Waals surface area contributed by atoms with Crippen molar-refractivity contribution in [2.45, 2.75) is 24.9 Å². The fourth-order valence-corrected chi connectivity index (χ4v) is 5.83. The number of oxime groups is 1. The molecule has 2 aromatic rings. The van der Waals surface area contributed by atoms with Gasteiger partial charge in [-0.2, -0.15) is 0 Å². The standard InChI is InChI=1S/C28H29N7O9S2/c1-5-10-42-24(38)21-15(16-13-45-25(29-16)32-27(39)43-11-6-2)8-9-18-20(23(37)35(18)21)31-22(36)19(34-41-4)17-14-46-26(30-17)33-28(40)44-12-7-3/h5-7,13-14,18,20H,1-3,8-12H2,4H3,(H,31,36)(H,29,32,39)(H,30,33,40)/b34-19-/t18-,20+/m1/s1. The Morgan fingerprint density at radius 3 is 2.22 bits per heavy atom. The van der Waals surface area contributed by atoms with Crippen LogP contribution in [0.15, 0.2) is 59.6 Å². The maximum Gasteiger partial charge on any atom is 0.413 e. The molecule has 2 atom stereocenters. The van der Waals surface area contributed by atoms with Crippen LogP contribution in [0.2, 0.25) is 0 Å². The molecule has 3 N–H and O–H groups in total. The van der Waals surface area contributed by atoms with Gasteiger partial charge < -0.3 is 24.4 Å². The number of thiazole rings is 2. The first-order chi connectivity index (χ1) is 22.2. The molecular weight excluding hydrogens is 642 g/mol. The summed E-state index contributed by atoms with van der Waals surface area (Å²) in [6.07, 6.45) is 3.37. The normalized spacial score (nSPS) is 17.1. The van der Waals surface area contributed by atoms with Gasteiger partial charge in [-0.15, -0.1) is 22.7 Å². The smallest absolute Gasteiger partial charge is 0.413 e. The van der Waals surface area contributed by atoms with Gasteiger partial charge in [0.05, 0.1) is 11.7 Å². The van der Waals surface area contributed by atoms with Crippen LogP contribution in [0.25, 0.3) is 5.57 Å². The quantitative estimate of drug-likeness (QED) is 0.0666. The van der Waals surface area contributed by atoms with Crippen molar-refractivity contribution in [2.75, 3.05) is 37.6 Å². The Balaban J connectivity index is 1.52. The third-order valence-electron chi connectivity index (χ3n) is 6.29. The Bertz CT molecular complexity index is 1610. The van der Waals surface area contributed by atoms with Gasteiger partial charge in [0.15, 0.2) is 16.0 Å². The van der Waals surface area contributed by atoms with Crippen molar-refractivity contribution < 1.29 is 43.0 Å². The van der Waals surface area contributed by atoms with Gasteiger partial charge in [-0.3, -0.25) is 25.1 Å². The molecule has 0 unspecified atom stereocenters. The first-order valence-corrected chi connectivity index (χ1v) is 15.3. The summed E-state index contributed by atoms with van der Waals surface area (Å²) in [4.78, 5) is 78.4. The summed E-state index contributed by atoms with van der Waals surface area (Å²) >= 11 is 2.12. The highest BCUT2D eigenvalue weighted by Gasteiger charge is 2.54. The summed E-state index contributed by atoms with van der Waals surface area (Å²) in [6, 6.07) is -1.59. The van der Waals surface area contributed by atoms with Crippen LogP contribution in [0.5, 0.6) is 0 Å². The van der Waals surface area contributed by atoms with Crippen molar-refractivity contribution in [3.63, 3.8) is 0 Å². The molecule has 4 amide bonds. The molecule has 2 aromatic heterocycles. The van der Waals surface area contributed by atoms with E-state index in [9.17, 15) is 24.0 Å². The average molecular weight is 672 g/mol. The lowest BCUT2D eigenvalue weighted by Gasteiger charge is -2.50. The molecule has 242 valence electrons. The Labute approximate surface area is 270 Å². The van der Waals surface area contributed by atoms with Crippen LogP contribution in [0.3, 0.4) is 0 Å². The molecule has 1 fully saturated rings. The number of rotatable bonds is 14. The predicted octanol–water partition coefficient (Wildman–Crippen LogP) is 3.05. The topological polar surface area (TPSA) is 200 Å². The number of amides is 4. The molecule has 18 heteroatoms. The summed E-state index contributed by atoms with van der Waals surface area (Å²) in [6.45, 7) is 10.4. The highest BCUT2D eigenvalue weighted by molar-refractivity contribution is 7.14. The number of nitrogens with zero attached hydrogens (tertiary/aromatic N) is 4. The number of allylic oxidation sites excluding steroid dienone is 1. The molecule has 1 saturated heterocycles. The lowest BCUT2D eigenvalue weighted by atomic mass is 9.82. The van der Waals surface area contributed by atoms with Crippen LogP contribution in [0, 0.1) is 0 Å². The van der Waals surface area contributed by atoms with E-state index in [4.69, 9.17) is 19.0 Å². The molecule has 2 aliphatic rings. The number of aromatic nitrogens is 2. The van der Waals surface area contributed by atoms with Crippen molar-refractivity contribution in [1.82, 2.24) is 20.2 Å². The van der Waals surface area contributed by atoms with Gasteiger partial charge >= 0.3 is 18.2 Å². The first-order valence-electron chi connectivity index (χ1n) is 13.5. The van der Waals surface area contributed by atoms with Crippen LogP contribution in [0.1, 0.15) is 24.2 Å². The zero-order valence-electron chi connectivity index (χ0n) is 24.5. The number of carbonyl (C=O) groups excluding carboxylic acids is 5. The molecule has 0 bridgehead atoms. The van der Waals surface area contributed by atoms with E-state index in [-0.39, 0.29) is 47.2 Å². The van der Waals surface area contributed by atoms with E-state index in [1.165, 1.54) is 35.6 Å². The monoisotopic (exact) mass is 671 g/mol. The van der Waals surface area contributed by atoms with Gasteiger partial charge in [0, 0.05) is 16.3 Å². The summed E-state index contributed by atoms with van der Waals surface area (Å²) < 4.78 is 15.1. The Morgan fingerprint density at radius 1 is 0.978 bits per heavy atom. The fraction of sp³-hybridized carbons (Fsp3) is 0.286. The molecule has 2 aliphatic heterocycles. The van der Waals surface area contributed by atoms with Gasteiger partial charge in [0.25, 0.3) is 11.8 Å². The SMILES string of the molecule is C=CCOC(=O)Nc1nc(C2=C(C(=O)OCC=C)N3C(=O)[C@@H](NC(=O)/C(=N\OC)c4csc(NC(=O)OCC=C)n4)[C@H]3CC2)cs1. The summed E-state index contributed by atoms with van der Waals surface area (Å²) in [5, 5.41) is 14.8. The highest BCUT2D eigenvalue weighted by atomic mass is 32.1. The largest absolute Gasteiger partial charge is 0.457 e. The molecular formula is C28H29N7O9S2. The summed E-state index contributed by atoms with van der Waals surface area (Å²) in [7, 11) is 1.24. The van der Waals surface area contributed by atoms with Gasteiger partial charge in [-0.05, 0) is 12.8 Å². The predicted molar refractivity (Wildman–Crippen MR) is 168 cm³/mol. The Kier molecular flexibility index (Phi) is 11.4. The van der Waals surface area contributed by atoms with Gasteiger partial charge in [0.2, 0.25) is 0 Å². The zero-order valence-corrected chi connectivity index (χ0v) is 26.1. The minimum Gasteiger partial charge on any atom is -0.457 e. The van der Waals surface area contributed by atoms with Crippen molar-refractivity contribution in [3.05, 3.63) is 65.8 Å². The third kappa shape index (κ3) is 7.64. The number of esters is 1. The average Bonchev–Trinajstić information content (AvgIpc) is 3.71. The molecule has 0 radical (unpaired) electrons. The van der Waals surface area contributed by atoms with E-state index < -0.39 is 42.1 Å². The van der Waals surface area contributed by atoms with Crippen molar-refractivity contribution in [2.24, 2.45) is 5.16 Å². The molecule has 46 heavy (non-hydrogen) atoms. The summed E-state index contributed by atoms with van der Waals surface area (Å²) in [5.41, 5.74) is 0.605. The van der Waals surface area contributed by atoms with Gasteiger partial charge in [-0.1, -0.05) is 43.1 Å². The van der Waals surface area contributed by atoms with E-state index in [2.05, 4.69) is 50.8 Å². The minimum atomic E-state index is -1.00. The number of β-lactam (4-membered cyclic amide) rings is 1. The lowest BCUT2D eigenvalue weighted by Crippen LogP contribution is -2.72. The molecule has 0 aromatic carbocycles. The van der Waals surface area contributed by atoms with Gasteiger partial charge in [-0.25, -0.2) is 24.4 Å². The van der Waals surface area contributed by atoms with Crippen LogP contribution in [0.4, 0.5) is 19.9 Å². The minimum absolute atomic E-state index is 0.00426. The number of hydrogen-bond acceptors (Lipinski definition) is 14. The van der Waals surface area contributed by atoms with Crippen molar-refractivity contribution in [3.8, 4) is 0 Å². The highest BCUT2D eigenvalue weighted by Crippen LogP contribution is 2.41. The van der Waals surface area contributed by atoms with E-state index in [1.807, 2.05) is 0 Å². The molecule has 4 heterocycles. The number of carbonyl (C=O) groups is 5. The maximum absolute atomic E-state index is 13.5. The molecule has 0 aliphatic carbocycles. The Hall–Kier alpha value is -5.36. The fourth-order valence-electron chi connectivity index (χ4n) is 4.44. The molecule has 0 saturated carbocycles. The molecule has 4 rings (SSSR count). The van der Waals surface area contributed by atoms with E-state index in [0.29, 0.717) is 24.1 Å². The third-order valence-corrected chi connectivity index (χ3v) is 7.80.